The molecule has 0 spiro atoms. The van der Waals surface area contributed by atoms with Gasteiger partial charge in [0.15, 0.2) is 0 Å². The van der Waals surface area contributed by atoms with Gasteiger partial charge in [-0.3, -0.25) is 0 Å². The molecule has 0 aliphatic carbocycles. The van der Waals surface area contributed by atoms with Crippen LogP contribution in [0, 0.1) is 5.92 Å². The van der Waals surface area contributed by atoms with E-state index >= 15 is 0 Å². The van der Waals surface area contributed by atoms with Crippen molar-refractivity contribution in [2.75, 3.05) is 0 Å². The minimum atomic E-state index is -0.154. The van der Waals surface area contributed by atoms with Crippen molar-refractivity contribution in [1.29, 1.82) is 0 Å². The zero-order valence-corrected chi connectivity index (χ0v) is 17.7. The SMILES string of the molecule is CCCCC(CC)C(C)(c1ccc(O)c(CC)c1)c1ccc(O)c(CC)c1. The lowest BCUT2D eigenvalue weighted by Crippen LogP contribution is -2.33. The van der Waals surface area contributed by atoms with Gasteiger partial charge in [0.1, 0.15) is 11.5 Å². The molecule has 2 heteroatoms. The molecule has 0 radical (unpaired) electrons. The molecule has 2 aromatic rings. The van der Waals surface area contributed by atoms with E-state index in [0.717, 1.165) is 30.4 Å². The van der Waals surface area contributed by atoms with E-state index < -0.39 is 0 Å². The molecular weight excluding hydrogens is 332 g/mol. The first-order valence-corrected chi connectivity index (χ1v) is 10.6. The normalized spacial score (nSPS) is 12.9. The van der Waals surface area contributed by atoms with E-state index in [2.05, 4.69) is 58.9 Å². The third-order valence-electron chi connectivity index (χ3n) is 6.34. The van der Waals surface area contributed by atoms with E-state index in [1.165, 1.54) is 30.4 Å². The molecule has 148 valence electrons. The Morgan fingerprint density at radius 1 is 0.815 bits per heavy atom. The Morgan fingerprint density at radius 3 is 1.67 bits per heavy atom. The predicted octanol–water partition coefficient (Wildman–Crippen LogP) is 6.75. The molecular formula is C25H36O2. The van der Waals surface area contributed by atoms with Crippen molar-refractivity contribution < 1.29 is 10.2 Å². The van der Waals surface area contributed by atoms with Crippen LogP contribution < -0.4 is 0 Å². The van der Waals surface area contributed by atoms with Crippen molar-refractivity contribution in [3.05, 3.63) is 58.7 Å². The maximum Gasteiger partial charge on any atom is 0.118 e. The minimum absolute atomic E-state index is 0.154. The average molecular weight is 369 g/mol. The Bertz CT molecular complexity index is 694. The smallest absolute Gasteiger partial charge is 0.118 e. The lowest BCUT2D eigenvalue weighted by atomic mass is 9.64. The van der Waals surface area contributed by atoms with Crippen molar-refractivity contribution in [1.82, 2.24) is 0 Å². The third kappa shape index (κ3) is 4.31. The second-order valence-corrected chi connectivity index (χ2v) is 7.84. The standard InChI is InChI=1S/C25H36O2/c1-6-10-11-20(9-4)25(5,21-12-14-23(26)18(7-2)16-21)22-13-15-24(27)19(8-3)17-22/h12-17,20,26-27H,6-11H2,1-5H3. The van der Waals surface area contributed by atoms with Gasteiger partial charge < -0.3 is 10.2 Å². The van der Waals surface area contributed by atoms with Crippen LogP contribution in [0.3, 0.4) is 0 Å². The molecule has 0 bridgehead atoms. The molecule has 0 amide bonds. The third-order valence-corrected chi connectivity index (χ3v) is 6.34. The summed E-state index contributed by atoms with van der Waals surface area (Å²) in [6, 6.07) is 12.2. The van der Waals surface area contributed by atoms with Crippen LogP contribution in [-0.4, -0.2) is 10.2 Å². The zero-order chi connectivity index (χ0) is 20.0. The Morgan fingerprint density at radius 2 is 1.30 bits per heavy atom. The molecule has 27 heavy (non-hydrogen) atoms. The molecule has 0 saturated heterocycles. The van der Waals surface area contributed by atoms with Gasteiger partial charge >= 0.3 is 0 Å². The molecule has 0 fully saturated rings. The second-order valence-electron chi connectivity index (χ2n) is 7.84. The summed E-state index contributed by atoms with van der Waals surface area (Å²) in [5.74, 6) is 1.26. The number of aryl methyl sites for hydroxylation is 2. The lowest BCUT2D eigenvalue weighted by molar-refractivity contribution is 0.305. The van der Waals surface area contributed by atoms with Gasteiger partial charge in [0.25, 0.3) is 0 Å². The van der Waals surface area contributed by atoms with Crippen LogP contribution in [0.2, 0.25) is 0 Å². The Labute approximate surface area is 165 Å². The molecule has 2 rings (SSSR count). The number of rotatable bonds is 9. The van der Waals surface area contributed by atoms with Gasteiger partial charge in [-0.25, -0.2) is 0 Å². The number of phenols is 2. The van der Waals surface area contributed by atoms with Crippen LogP contribution >= 0.6 is 0 Å². The predicted molar refractivity (Wildman–Crippen MR) is 115 cm³/mol. The van der Waals surface area contributed by atoms with Crippen LogP contribution in [0.5, 0.6) is 11.5 Å². The van der Waals surface area contributed by atoms with Gasteiger partial charge in [-0.2, -0.15) is 0 Å². The molecule has 0 heterocycles. The first-order valence-electron chi connectivity index (χ1n) is 10.6. The fourth-order valence-electron chi connectivity index (χ4n) is 4.37. The van der Waals surface area contributed by atoms with Crippen molar-refractivity contribution in [2.24, 2.45) is 5.92 Å². The molecule has 2 N–H and O–H groups in total. The van der Waals surface area contributed by atoms with Gasteiger partial charge in [0.2, 0.25) is 0 Å². The molecule has 2 nitrogen and oxygen atoms in total. The zero-order valence-electron chi connectivity index (χ0n) is 17.7. The number of phenolic OH excluding ortho intramolecular Hbond substituents is 2. The molecule has 1 unspecified atom stereocenters. The minimum Gasteiger partial charge on any atom is -0.508 e. The van der Waals surface area contributed by atoms with Gasteiger partial charge in [-0.1, -0.05) is 78.1 Å². The summed E-state index contributed by atoms with van der Waals surface area (Å²) in [6.45, 7) is 11.0. The topological polar surface area (TPSA) is 40.5 Å². The fourth-order valence-corrected chi connectivity index (χ4v) is 4.37. The summed E-state index contributed by atoms with van der Waals surface area (Å²) >= 11 is 0. The summed E-state index contributed by atoms with van der Waals surface area (Å²) in [5.41, 5.74) is 4.36. The number of hydrogen-bond acceptors (Lipinski definition) is 2. The Kier molecular flexibility index (Phi) is 7.35. The fraction of sp³-hybridized carbons (Fsp3) is 0.520. The van der Waals surface area contributed by atoms with Crippen molar-refractivity contribution in [2.45, 2.75) is 78.6 Å². The van der Waals surface area contributed by atoms with Gasteiger partial charge in [-0.15, -0.1) is 0 Å². The summed E-state index contributed by atoms with van der Waals surface area (Å²) < 4.78 is 0. The highest BCUT2D eigenvalue weighted by atomic mass is 16.3. The quantitative estimate of drug-likeness (QED) is 0.514. The number of benzene rings is 2. The molecule has 1 atom stereocenters. The van der Waals surface area contributed by atoms with Crippen molar-refractivity contribution in [3.8, 4) is 11.5 Å². The van der Waals surface area contributed by atoms with Crippen LogP contribution in [0.4, 0.5) is 0 Å². The van der Waals surface area contributed by atoms with Crippen LogP contribution in [0.25, 0.3) is 0 Å². The summed E-state index contributed by atoms with van der Waals surface area (Å²) in [6.07, 6.45) is 6.31. The van der Waals surface area contributed by atoms with Crippen LogP contribution in [0.15, 0.2) is 36.4 Å². The Hall–Kier alpha value is -1.96. The van der Waals surface area contributed by atoms with Gasteiger partial charge in [0.05, 0.1) is 0 Å². The molecule has 0 aliphatic heterocycles. The van der Waals surface area contributed by atoms with Crippen molar-refractivity contribution in [3.63, 3.8) is 0 Å². The van der Waals surface area contributed by atoms with Crippen LogP contribution in [0.1, 0.15) is 82.6 Å². The second kappa shape index (κ2) is 9.30. The molecule has 2 aromatic carbocycles. The van der Waals surface area contributed by atoms with Crippen LogP contribution in [-0.2, 0) is 18.3 Å². The maximum absolute atomic E-state index is 10.2. The largest absolute Gasteiger partial charge is 0.508 e. The molecule has 0 aromatic heterocycles. The van der Waals surface area contributed by atoms with Gasteiger partial charge in [0, 0.05) is 5.41 Å². The number of unbranched alkanes of at least 4 members (excludes halogenated alkanes) is 1. The van der Waals surface area contributed by atoms with Gasteiger partial charge in [-0.05, 0) is 59.6 Å². The molecule has 0 aliphatic rings. The van der Waals surface area contributed by atoms with E-state index in [9.17, 15) is 10.2 Å². The average Bonchev–Trinajstić information content (AvgIpc) is 2.68. The lowest BCUT2D eigenvalue weighted by Gasteiger charge is -2.39. The Balaban J connectivity index is 2.67. The maximum atomic E-state index is 10.2. The number of aromatic hydroxyl groups is 2. The van der Waals surface area contributed by atoms with Crippen molar-refractivity contribution >= 4 is 0 Å². The molecule has 0 saturated carbocycles. The highest BCUT2D eigenvalue weighted by Crippen LogP contribution is 2.45. The highest BCUT2D eigenvalue weighted by molar-refractivity contribution is 5.48. The summed E-state index contributed by atoms with van der Waals surface area (Å²) in [7, 11) is 0. The van der Waals surface area contributed by atoms with E-state index in [1.54, 1.807) is 0 Å². The number of hydrogen-bond donors (Lipinski definition) is 2. The monoisotopic (exact) mass is 368 g/mol. The van der Waals surface area contributed by atoms with E-state index in [1.807, 2.05) is 12.1 Å². The van der Waals surface area contributed by atoms with E-state index in [0.29, 0.717) is 17.4 Å². The summed E-state index contributed by atoms with van der Waals surface area (Å²) in [5, 5.41) is 20.4. The first kappa shape index (κ1) is 21.3. The highest BCUT2D eigenvalue weighted by Gasteiger charge is 2.37. The first-order chi connectivity index (χ1) is 12.9. The summed E-state index contributed by atoms with van der Waals surface area (Å²) in [4.78, 5) is 0. The van der Waals surface area contributed by atoms with E-state index in [4.69, 9.17) is 0 Å². The van der Waals surface area contributed by atoms with E-state index in [-0.39, 0.29) is 5.41 Å².